The maximum absolute atomic E-state index is 5.98. The van der Waals surface area contributed by atoms with Crippen molar-refractivity contribution in [1.29, 1.82) is 0 Å². The van der Waals surface area contributed by atoms with Crippen molar-refractivity contribution in [2.75, 3.05) is 11.9 Å². The highest BCUT2D eigenvalue weighted by atomic mass is 35.5. The number of hydrogen-bond acceptors (Lipinski definition) is 4. The van der Waals surface area contributed by atoms with Crippen LogP contribution in [-0.4, -0.2) is 26.1 Å². The highest BCUT2D eigenvalue weighted by Gasteiger charge is 2.14. The summed E-state index contributed by atoms with van der Waals surface area (Å²) in [6, 6.07) is 24.1. The third-order valence-electron chi connectivity index (χ3n) is 5.07. The van der Waals surface area contributed by atoms with E-state index in [0.29, 0.717) is 11.8 Å². The van der Waals surface area contributed by atoms with Gasteiger partial charge in [-0.1, -0.05) is 59.6 Å². The molecule has 1 N–H and O–H groups in total. The number of rotatable bonds is 5. The van der Waals surface area contributed by atoms with Crippen LogP contribution in [-0.2, 0) is 6.42 Å². The van der Waals surface area contributed by atoms with E-state index in [1.807, 2.05) is 65.2 Å². The smallest absolute Gasteiger partial charge is 0.226 e. The van der Waals surface area contributed by atoms with Gasteiger partial charge in [0.25, 0.3) is 0 Å². The van der Waals surface area contributed by atoms with E-state index in [4.69, 9.17) is 26.7 Å². The summed E-state index contributed by atoms with van der Waals surface area (Å²) >= 11 is 5.98. The zero-order valence-electron chi connectivity index (χ0n) is 16.5. The van der Waals surface area contributed by atoms with Gasteiger partial charge in [0.1, 0.15) is 0 Å². The van der Waals surface area contributed by atoms with Crippen molar-refractivity contribution in [3.63, 3.8) is 0 Å². The molecule has 0 aliphatic carbocycles. The number of nitrogens with zero attached hydrogens (tertiary/aromatic N) is 4. The van der Waals surface area contributed by atoms with Gasteiger partial charge in [0.05, 0.1) is 5.52 Å². The molecule has 5 aromatic rings. The first-order chi connectivity index (χ1) is 14.7. The van der Waals surface area contributed by atoms with Crippen molar-refractivity contribution in [1.82, 2.24) is 19.6 Å². The summed E-state index contributed by atoms with van der Waals surface area (Å²) in [5.41, 5.74) is 5.07. The van der Waals surface area contributed by atoms with Crippen molar-refractivity contribution in [3.8, 4) is 11.4 Å². The van der Waals surface area contributed by atoms with Crippen LogP contribution >= 0.6 is 11.6 Å². The second-order valence-electron chi connectivity index (χ2n) is 7.30. The van der Waals surface area contributed by atoms with Crippen LogP contribution in [0.4, 0.5) is 5.95 Å². The Morgan fingerprint density at radius 1 is 0.933 bits per heavy atom. The lowest BCUT2D eigenvalue weighted by atomic mass is 10.1. The Morgan fingerprint density at radius 3 is 2.60 bits per heavy atom. The van der Waals surface area contributed by atoms with Crippen LogP contribution in [0.5, 0.6) is 0 Å². The molecule has 0 aliphatic heterocycles. The van der Waals surface area contributed by atoms with Crippen LogP contribution in [0, 0.1) is 6.92 Å². The zero-order valence-corrected chi connectivity index (χ0v) is 17.3. The Kier molecular flexibility index (Phi) is 4.81. The van der Waals surface area contributed by atoms with Gasteiger partial charge in [0, 0.05) is 22.5 Å². The van der Waals surface area contributed by atoms with Gasteiger partial charge >= 0.3 is 0 Å². The molecule has 0 bridgehead atoms. The number of aromatic nitrogens is 4. The standard InChI is InChI=1S/C24H20ClN5/c1-16-5-4-6-18(15-16)22-28-23-20-7-2-3-8-21(20)27-24(30(23)29-22)26-14-13-17-9-11-19(25)12-10-17/h2-12,15H,13-14H2,1H3,(H,26,27). The minimum atomic E-state index is 0.684. The predicted octanol–water partition coefficient (Wildman–Crippen LogP) is 5.56. The lowest BCUT2D eigenvalue weighted by molar-refractivity contribution is 0.907. The molecular weight excluding hydrogens is 394 g/mol. The monoisotopic (exact) mass is 413 g/mol. The first-order valence-electron chi connectivity index (χ1n) is 9.88. The highest BCUT2D eigenvalue weighted by molar-refractivity contribution is 6.30. The topological polar surface area (TPSA) is 55.1 Å². The van der Waals surface area contributed by atoms with Crippen LogP contribution in [0.15, 0.2) is 72.8 Å². The number of halogens is 1. The lowest BCUT2D eigenvalue weighted by Crippen LogP contribution is -2.11. The Bertz CT molecular complexity index is 1340. The minimum absolute atomic E-state index is 0.684. The third kappa shape index (κ3) is 3.60. The van der Waals surface area contributed by atoms with Gasteiger partial charge in [-0.3, -0.25) is 0 Å². The third-order valence-corrected chi connectivity index (χ3v) is 5.32. The Balaban J connectivity index is 1.53. The summed E-state index contributed by atoms with van der Waals surface area (Å²) in [5, 5.41) is 9.94. The quantitative estimate of drug-likeness (QED) is 0.409. The second-order valence-corrected chi connectivity index (χ2v) is 7.73. The molecule has 2 aromatic heterocycles. The molecule has 30 heavy (non-hydrogen) atoms. The predicted molar refractivity (Wildman–Crippen MR) is 122 cm³/mol. The Morgan fingerprint density at radius 2 is 1.77 bits per heavy atom. The van der Waals surface area contributed by atoms with Gasteiger partial charge in [0.2, 0.25) is 5.95 Å². The Hall–Kier alpha value is -3.44. The average Bonchev–Trinajstić information content (AvgIpc) is 3.21. The van der Waals surface area contributed by atoms with Crippen molar-refractivity contribution in [3.05, 3.63) is 88.9 Å². The SMILES string of the molecule is Cc1cccc(-c2nc3c4ccccc4nc(NCCc4ccc(Cl)cc4)n3n2)c1. The molecule has 0 spiro atoms. The van der Waals surface area contributed by atoms with E-state index in [-0.39, 0.29) is 0 Å². The molecular formula is C24H20ClN5. The molecule has 5 nitrogen and oxygen atoms in total. The fourth-order valence-corrected chi connectivity index (χ4v) is 3.67. The van der Waals surface area contributed by atoms with Gasteiger partial charge < -0.3 is 5.32 Å². The summed E-state index contributed by atoms with van der Waals surface area (Å²) in [4.78, 5) is 9.65. The molecule has 3 aromatic carbocycles. The van der Waals surface area contributed by atoms with Crippen LogP contribution in [0.2, 0.25) is 5.02 Å². The molecule has 0 radical (unpaired) electrons. The number of hydrogen-bond donors (Lipinski definition) is 1. The van der Waals surface area contributed by atoms with Gasteiger partial charge in [-0.05, 0) is 49.2 Å². The molecule has 5 rings (SSSR count). The molecule has 0 amide bonds. The number of aryl methyl sites for hydroxylation is 1. The molecule has 0 atom stereocenters. The number of nitrogens with one attached hydrogen (secondary N) is 1. The number of fused-ring (bicyclic) bond motifs is 3. The largest absolute Gasteiger partial charge is 0.354 e. The van der Waals surface area contributed by atoms with E-state index in [2.05, 4.69) is 24.4 Å². The molecule has 0 saturated carbocycles. The van der Waals surface area contributed by atoms with E-state index in [9.17, 15) is 0 Å². The van der Waals surface area contributed by atoms with E-state index in [1.165, 1.54) is 11.1 Å². The van der Waals surface area contributed by atoms with E-state index >= 15 is 0 Å². The second kappa shape index (κ2) is 7.76. The van der Waals surface area contributed by atoms with Gasteiger partial charge in [-0.15, -0.1) is 5.10 Å². The Labute approximate surface area is 179 Å². The molecule has 2 heterocycles. The first-order valence-corrected chi connectivity index (χ1v) is 10.3. The van der Waals surface area contributed by atoms with Crippen LogP contribution in [0.1, 0.15) is 11.1 Å². The van der Waals surface area contributed by atoms with E-state index < -0.39 is 0 Å². The van der Waals surface area contributed by atoms with Crippen molar-refractivity contribution >= 4 is 34.1 Å². The van der Waals surface area contributed by atoms with Crippen molar-refractivity contribution < 1.29 is 0 Å². The molecule has 0 aliphatic rings. The minimum Gasteiger partial charge on any atom is -0.354 e. The fraction of sp³-hybridized carbons (Fsp3) is 0.125. The molecule has 6 heteroatoms. The van der Waals surface area contributed by atoms with Gasteiger partial charge in [-0.25, -0.2) is 9.97 Å². The highest BCUT2D eigenvalue weighted by Crippen LogP contribution is 2.24. The number of benzene rings is 3. The molecule has 148 valence electrons. The molecule has 0 saturated heterocycles. The molecule has 0 fully saturated rings. The van der Waals surface area contributed by atoms with E-state index in [0.717, 1.165) is 40.1 Å². The summed E-state index contributed by atoms with van der Waals surface area (Å²) in [6.07, 6.45) is 0.854. The van der Waals surface area contributed by atoms with Crippen LogP contribution in [0.3, 0.4) is 0 Å². The lowest BCUT2D eigenvalue weighted by Gasteiger charge is -2.09. The average molecular weight is 414 g/mol. The van der Waals surface area contributed by atoms with Crippen LogP contribution in [0.25, 0.3) is 27.9 Å². The maximum atomic E-state index is 5.98. The fourth-order valence-electron chi connectivity index (χ4n) is 3.55. The number of anilines is 1. The van der Waals surface area contributed by atoms with Crippen molar-refractivity contribution in [2.45, 2.75) is 13.3 Å². The molecule has 0 unspecified atom stereocenters. The zero-order chi connectivity index (χ0) is 20.5. The van der Waals surface area contributed by atoms with Crippen LogP contribution < -0.4 is 5.32 Å². The first kappa shape index (κ1) is 18.6. The van der Waals surface area contributed by atoms with Gasteiger partial charge in [-0.2, -0.15) is 4.52 Å². The summed E-state index contributed by atoms with van der Waals surface area (Å²) in [6.45, 7) is 2.79. The summed E-state index contributed by atoms with van der Waals surface area (Å²) < 4.78 is 1.81. The van der Waals surface area contributed by atoms with Crippen molar-refractivity contribution in [2.24, 2.45) is 0 Å². The summed E-state index contributed by atoms with van der Waals surface area (Å²) in [7, 11) is 0. The number of para-hydroxylation sites is 1. The van der Waals surface area contributed by atoms with E-state index in [1.54, 1.807) is 0 Å². The van der Waals surface area contributed by atoms with Gasteiger partial charge in [0.15, 0.2) is 11.5 Å². The normalized spacial score (nSPS) is 11.3. The maximum Gasteiger partial charge on any atom is 0.226 e. The summed E-state index contributed by atoms with van der Waals surface area (Å²) in [5.74, 6) is 1.38.